The molecule has 0 heterocycles. The molecule has 0 spiro atoms. The molecule has 18 nitrogen and oxygen atoms in total. The molecule has 2 unspecified atom stereocenters. The molecule has 4 aliphatic rings. The number of hydrogen-bond donors (Lipinski definition) is 2. The molecule has 288 valence electrons. The van der Waals surface area contributed by atoms with Gasteiger partial charge in [0.05, 0.1) is 21.2 Å². The number of fused-ring (bicyclic) bond motifs is 2. The van der Waals surface area contributed by atoms with Crippen molar-refractivity contribution in [3.8, 4) is 0 Å². The second-order valence-electron chi connectivity index (χ2n) is 11.8. The minimum atomic E-state index is -4.38. The molecule has 21 heteroatoms. The van der Waals surface area contributed by atoms with Gasteiger partial charge >= 0.3 is 48.9 Å². The van der Waals surface area contributed by atoms with E-state index in [2.05, 4.69) is 20.5 Å². The minimum Gasteiger partial charge on any atom is -0.757 e. The number of nitro benzene ring substituents is 2. The van der Waals surface area contributed by atoms with Gasteiger partial charge in [0.2, 0.25) is 11.6 Å². The Hall–Kier alpha value is -4.85. The Morgan fingerprint density at radius 2 is 0.965 bits per heavy atom. The molecular formula is C36H28BaN6O12S2. The van der Waals surface area contributed by atoms with Gasteiger partial charge in [-0.3, -0.25) is 38.2 Å². The fraction of sp³-hybridized carbons (Fsp3) is 0.111. The third kappa shape index (κ3) is 10.8. The second kappa shape index (κ2) is 18.6. The van der Waals surface area contributed by atoms with Crippen molar-refractivity contribution in [3.05, 3.63) is 162 Å². The summed E-state index contributed by atoms with van der Waals surface area (Å²) in [6.07, 6.45) is 13.8. The molecule has 0 saturated carbocycles. The van der Waals surface area contributed by atoms with Crippen LogP contribution in [0.1, 0.15) is 25.0 Å². The number of carbonyl (C=O) groups excluding carboxylic acids is 2. The summed E-state index contributed by atoms with van der Waals surface area (Å²) >= 11 is 0. The summed E-state index contributed by atoms with van der Waals surface area (Å²) in [5, 5.41) is 37.9. The van der Waals surface area contributed by atoms with Gasteiger partial charge in [-0.1, -0.05) is 38.2 Å². The molecule has 2 N–H and O–H groups in total. The molecule has 0 radical (unpaired) electrons. The van der Waals surface area contributed by atoms with E-state index in [0.717, 1.165) is 0 Å². The normalized spacial score (nSPS) is 18.0. The van der Waals surface area contributed by atoms with E-state index in [9.17, 15) is 47.3 Å². The average molecular weight is 938 g/mol. The van der Waals surface area contributed by atoms with E-state index < -0.39 is 41.6 Å². The predicted molar refractivity (Wildman–Crippen MR) is 210 cm³/mol. The molecule has 0 bridgehead atoms. The number of non-ortho nitro benzene ring substituents is 2. The average Bonchev–Trinajstić information content (AvgIpc) is 3.16. The van der Waals surface area contributed by atoms with Gasteiger partial charge in [0.15, 0.2) is 0 Å². The van der Waals surface area contributed by atoms with Crippen LogP contribution in [0.25, 0.3) is 0 Å². The smallest absolute Gasteiger partial charge is 0.757 e. The summed E-state index contributed by atoms with van der Waals surface area (Å²) < 4.78 is 63.5. The SMILES string of the molecule is CCc1cc([N+](=O)[O-])ccc1N=NC1=C2C=CC(=S(=O)([O-])O)C=C2C=CC1=O.CCc1cc([N+](=O)[O-])ccc1N=NC1=C2C=CC(=S(=O)([O-])O)C=C2C=CC1=O.[Ba+2]. The molecule has 0 aliphatic heterocycles. The van der Waals surface area contributed by atoms with Crippen molar-refractivity contribution in [1.82, 2.24) is 0 Å². The fourth-order valence-electron chi connectivity index (χ4n) is 5.41. The first kappa shape index (κ1) is 44.9. The van der Waals surface area contributed by atoms with Crippen LogP contribution >= 0.6 is 0 Å². The Balaban J connectivity index is 0.000000248. The van der Waals surface area contributed by atoms with E-state index in [-0.39, 0.29) is 81.4 Å². The van der Waals surface area contributed by atoms with Crippen molar-refractivity contribution >= 4 is 113 Å². The van der Waals surface area contributed by atoms with Crippen LogP contribution in [0.4, 0.5) is 22.7 Å². The van der Waals surface area contributed by atoms with Crippen LogP contribution in [-0.2, 0) is 42.6 Å². The van der Waals surface area contributed by atoms with Gasteiger partial charge in [-0.15, -0.1) is 10.2 Å². The molecule has 0 fully saturated rings. The standard InChI is InChI=1S/2C18H15N3O6S.Ba/c2*1-2-11-9-13(21(23)24)4-7-16(11)19-20-18-15-6-5-14(28(25,26)27)10-12(15)3-8-17(18)22;/h2*3-10H,2H2,1H3,(H2,25,26,27);/q;;+2/p-2. The van der Waals surface area contributed by atoms with Crippen LogP contribution in [0.2, 0.25) is 0 Å². The monoisotopic (exact) mass is 938 g/mol. The van der Waals surface area contributed by atoms with Gasteiger partial charge in [0, 0.05) is 65.3 Å². The largest absolute Gasteiger partial charge is 2.00 e. The van der Waals surface area contributed by atoms with E-state index in [0.29, 0.717) is 57.6 Å². The molecule has 4 aliphatic carbocycles. The fourth-order valence-corrected chi connectivity index (χ4v) is 6.44. The molecule has 57 heavy (non-hydrogen) atoms. The number of nitrogens with zero attached hydrogens (tertiary/aromatic N) is 6. The summed E-state index contributed by atoms with van der Waals surface area (Å²) in [6.45, 7) is 3.62. The number of hydrogen-bond acceptors (Lipinski definition) is 14. The van der Waals surface area contributed by atoms with Gasteiger partial charge in [-0.05, 0) is 83.7 Å². The van der Waals surface area contributed by atoms with Crippen LogP contribution in [0, 0.1) is 20.2 Å². The number of rotatable bonds is 8. The maximum absolute atomic E-state index is 12.2. The zero-order valence-electron chi connectivity index (χ0n) is 29.8. The number of azo groups is 2. The van der Waals surface area contributed by atoms with Crippen LogP contribution in [0.5, 0.6) is 0 Å². The molecular weight excluding hydrogens is 910 g/mol. The second-order valence-corrected chi connectivity index (χ2v) is 14.6. The topological polar surface area (TPSA) is 291 Å². The zero-order valence-corrected chi connectivity index (χ0v) is 35.9. The maximum atomic E-state index is 12.2. The molecule has 0 amide bonds. The number of ketones is 2. The van der Waals surface area contributed by atoms with Crippen molar-refractivity contribution in [2.75, 3.05) is 0 Å². The van der Waals surface area contributed by atoms with E-state index in [1.807, 2.05) is 13.8 Å². The summed E-state index contributed by atoms with van der Waals surface area (Å²) in [4.78, 5) is 44.6. The zero-order chi connectivity index (χ0) is 40.9. The van der Waals surface area contributed by atoms with Gasteiger partial charge < -0.3 is 18.2 Å². The van der Waals surface area contributed by atoms with Crippen LogP contribution in [0.15, 0.2) is 151 Å². The predicted octanol–water partition coefficient (Wildman–Crippen LogP) is 6.00. The van der Waals surface area contributed by atoms with E-state index in [4.69, 9.17) is 9.11 Å². The summed E-state index contributed by atoms with van der Waals surface area (Å²) in [5.74, 6) is -0.841. The number of carbonyl (C=O) groups is 2. The van der Waals surface area contributed by atoms with E-state index in [1.165, 1.54) is 97.2 Å². The first-order valence-electron chi connectivity index (χ1n) is 16.2. The van der Waals surface area contributed by atoms with Gasteiger partial charge in [-0.25, -0.2) is 0 Å². The minimum absolute atomic E-state index is 0. The molecule has 0 saturated heterocycles. The number of allylic oxidation sites excluding steroid dienone is 14. The molecule has 0 aromatic heterocycles. The Bertz CT molecular complexity index is 2500. The third-order valence-electron chi connectivity index (χ3n) is 8.27. The Labute approximate surface area is 365 Å². The quantitative estimate of drug-likeness (QED) is 0.101. The van der Waals surface area contributed by atoms with Crippen LogP contribution in [-0.4, -0.2) is 107 Å². The molecule has 2 atom stereocenters. The third-order valence-corrected chi connectivity index (χ3v) is 9.97. The van der Waals surface area contributed by atoms with Crippen molar-refractivity contribution < 1.29 is 46.1 Å². The van der Waals surface area contributed by atoms with Crippen molar-refractivity contribution in [2.45, 2.75) is 26.7 Å². The number of aryl methyl sites for hydroxylation is 2. The molecule has 2 aromatic carbocycles. The summed E-state index contributed by atoms with van der Waals surface area (Å²) in [5.41, 5.74) is 3.35. The van der Waals surface area contributed by atoms with Gasteiger partial charge in [-0.2, -0.15) is 10.2 Å². The Morgan fingerprint density at radius 1 is 0.596 bits per heavy atom. The van der Waals surface area contributed by atoms with Crippen molar-refractivity contribution in [3.63, 3.8) is 0 Å². The van der Waals surface area contributed by atoms with Crippen molar-refractivity contribution in [1.29, 1.82) is 0 Å². The Morgan fingerprint density at radius 3 is 1.28 bits per heavy atom. The van der Waals surface area contributed by atoms with Gasteiger partial charge in [0.1, 0.15) is 11.4 Å². The van der Waals surface area contributed by atoms with E-state index in [1.54, 1.807) is 0 Å². The van der Waals surface area contributed by atoms with Crippen LogP contribution < -0.4 is 0 Å². The van der Waals surface area contributed by atoms with Gasteiger partial charge in [0.25, 0.3) is 11.4 Å². The number of benzene rings is 2. The number of nitro groups is 2. The summed E-state index contributed by atoms with van der Waals surface area (Å²) in [7, 11) is -8.76. The molecule has 6 rings (SSSR count). The first-order valence-corrected chi connectivity index (χ1v) is 19.1. The summed E-state index contributed by atoms with van der Waals surface area (Å²) in [6, 6.07) is 8.29. The van der Waals surface area contributed by atoms with E-state index >= 15 is 0 Å². The first-order chi connectivity index (χ1) is 26.4. The molecule has 2 aromatic rings. The van der Waals surface area contributed by atoms with Crippen LogP contribution in [0.3, 0.4) is 0 Å². The van der Waals surface area contributed by atoms with Crippen molar-refractivity contribution in [2.24, 2.45) is 20.5 Å². The maximum Gasteiger partial charge on any atom is 2.00 e. The Kier molecular flexibility index (Phi) is 14.6.